The third kappa shape index (κ3) is 2.24. The van der Waals surface area contributed by atoms with Crippen LogP contribution in [0.15, 0.2) is 42.6 Å². The van der Waals surface area contributed by atoms with Gasteiger partial charge in [0.1, 0.15) is 17.5 Å². The Morgan fingerprint density at radius 1 is 1.27 bits per heavy atom. The Morgan fingerprint density at radius 2 is 2.08 bits per heavy atom. The second-order valence-electron chi connectivity index (χ2n) is 6.65. The molecule has 0 radical (unpaired) electrons. The Hall–Kier alpha value is -2.80. The molecule has 1 fully saturated rings. The second kappa shape index (κ2) is 5.60. The van der Waals surface area contributed by atoms with Crippen LogP contribution >= 0.6 is 12.2 Å². The van der Waals surface area contributed by atoms with E-state index in [0.717, 1.165) is 27.9 Å². The predicted molar refractivity (Wildman–Crippen MR) is 99.0 cm³/mol. The predicted octanol–water partition coefficient (Wildman–Crippen LogP) is 2.37. The van der Waals surface area contributed by atoms with E-state index in [0.29, 0.717) is 24.6 Å². The van der Waals surface area contributed by atoms with Gasteiger partial charge in [0.15, 0.2) is 5.11 Å². The van der Waals surface area contributed by atoms with Crippen LogP contribution in [0.3, 0.4) is 0 Å². The van der Waals surface area contributed by atoms with Crippen molar-refractivity contribution in [3.63, 3.8) is 0 Å². The van der Waals surface area contributed by atoms with Crippen LogP contribution in [0.25, 0.3) is 11.0 Å². The van der Waals surface area contributed by atoms with Gasteiger partial charge in [-0.3, -0.25) is 4.79 Å². The summed E-state index contributed by atoms with van der Waals surface area (Å²) < 4.78 is 15.4. The molecule has 0 aliphatic carbocycles. The van der Waals surface area contributed by atoms with Crippen LogP contribution in [0.5, 0.6) is 0 Å². The van der Waals surface area contributed by atoms with Gasteiger partial charge in [-0.1, -0.05) is 12.1 Å². The number of benzene rings is 1. The van der Waals surface area contributed by atoms with Crippen molar-refractivity contribution in [1.29, 1.82) is 0 Å². The van der Waals surface area contributed by atoms with Crippen LogP contribution in [-0.4, -0.2) is 31.5 Å². The fourth-order valence-electron chi connectivity index (χ4n) is 3.93. The van der Waals surface area contributed by atoms with E-state index in [4.69, 9.17) is 12.2 Å². The van der Waals surface area contributed by atoms with E-state index < -0.39 is 0 Å². The molecule has 4 heterocycles. The Morgan fingerprint density at radius 3 is 2.88 bits per heavy atom. The molecule has 7 heteroatoms. The van der Waals surface area contributed by atoms with Gasteiger partial charge in [0.25, 0.3) is 0 Å². The minimum Gasteiger partial charge on any atom is -0.331 e. The molecule has 2 aliphatic rings. The molecular weight excluding hydrogens is 351 g/mol. The standard InChI is InChI=1S/C19H15FN4OS/c20-12-5-3-11(4-6-12)9-23-16-10-24-15(18(25)22-19(24)26)8-14(16)13-2-1-7-21-17(13)23/h1-7,15H,8-10H2,(H,22,25,26). The molecule has 1 saturated heterocycles. The van der Waals surface area contributed by atoms with E-state index in [1.54, 1.807) is 18.3 Å². The molecule has 5 nitrogen and oxygen atoms in total. The van der Waals surface area contributed by atoms with Crippen LogP contribution in [-0.2, 0) is 24.3 Å². The maximum absolute atomic E-state index is 13.2. The van der Waals surface area contributed by atoms with Gasteiger partial charge in [-0.05, 0) is 47.6 Å². The number of carbonyl (C=O) groups is 1. The maximum atomic E-state index is 13.2. The molecule has 1 amide bonds. The zero-order chi connectivity index (χ0) is 17.8. The number of hydrogen-bond acceptors (Lipinski definition) is 3. The van der Waals surface area contributed by atoms with Gasteiger partial charge < -0.3 is 14.8 Å². The molecule has 2 aliphatic heterocycles. The van der Waals surface area contributed by atoms with Crippen molar-refractivity contribution < 1.29 is 9.18 Å². The first kappa shape index (κ1) is 15.5. The number of carbonyl (C=O) groups excluding carboxylic acids is 1. The Kier molecular flexibility index (Phi) is 3.33. The number of rotatable bonds is 2. The highest BCUT2D eigenvalue weighted by Gasteiger charge is 2.41. The number of pyridine rings is 1. The molecule has 1 atom stereocenters. The summed E-state index contributed by atoms with van der Waals surface area (Å²) >= 11 is 5.32. The monoisotopic (exact) mass is 366 g/mol. The summed E-state index contributed by atoms with van der Waals surface area (Å²) in [6.07, 6.45) is 2.38. The van der Waals surface area contributed by atoms with Crippen LogP contribution < -0.4 is 5.32 Å². The highest BCUT2D eigenvalue weighted by atomic mass is 32.1. The zero-order valence-corrected chi connectivity index (χ0v) is 14.6. The molecule has 2 aromatic heterocycles. The lowest BCUT2D eigenvalue weighted by atomic mass is 9.98. The summed E-state index contributed by atoms with van der Waals surface area (Å²) in [4.78, 5) is 18.7. The largest absolute Gasteiger partial charge is 0.331 e. The number of hydrogen-bond donors (Lipinski definition) is 1. The number of fused-ring (bicyclic) bond motifs is 4. The first-order valence-corrected chi connectivity index (χ1v) is 8.83. The summed E-state index contributed by atoms with van der Waals surface area (Å²) in [5, 5.41) is 4.31. The number of aromatic nitrogens is 2. The Balaban J connectivity index is 1.65. The van der Waals surface area contributed by atoms with E-state index in [9.17, 15) is 9.18 Å². The lowest BCUT2D eigenvalue weighted by molar-refractivity contribution is -0.121. The molecule has 3 aromatic rings. The summed E-state index contributed by atoms with van der Waals surface area (Å²) in [5.74, 6) is -0.287. The smallest absolute Gasteiger partial charge is 0.249 e. The molecule has 0 bridgehead atoms. The Labute approximate surface area is 154 Å². The van der Waals surface area contributed by atoms with Gasteiger partial charge in [0.2, 0.25) is 5.91 Å². The number of halogens is 1. The molecule has 26 heavy (non-hydrogen) atoms. The quantitative estimate of drug-likeness (QED) is 0.708. The van der Waals surface area contributed by atoms with E-state index in [-0.39, 0.29) is 17.8 Å². The van der Waals surface area contributed by atoms with Crippen molar-refractivity contribution in [2.45, 2.75) is 25.6 Å². The van der Waals surface area contributed by atoms with Crippen molar-refractivity contribution in [1.82, 2.24) is 19.8 Å². The molecule has 130 valence electrons. The fraction of sp³-hybridized carbons (Fsp3) is 0.211. The lowest BCUT2D eigenvalue weighted by Crippen LogP contribution is -2.40. The summed E-state index contributed by atoms with van der Waals surface area (Å²) in [6.45, 7) is 1.16. The molecule has 5 rings (SSSR count). The molecular formula is C19H15FN4OS. The number of nitrogens with zero attached hydrogens (tertiary/aromatic N) is 3. The highest BCUT2D eigenvalue weighted by molar-refractivity contribution is 7.80. The highest BCUT2D eigenvalue weighted by Crippen LogP contribution is 2.34. The van der Waals surface area contributed by atoms with E-state index >= 15 is 0 Å². The number of nitrogens with one attached hydrogen (secondary N) is 1. The van der Waals surface area contributed by atoms with Gasteiger partial charge in [0.05, 0.1) is 6.54 Å². The van der Waals surface area contributed by atoms with Crippen LogP contribution in [0.1, 0.15) is 16.8 Å². The third-order valence-corrected chi connectivity index (χ3v) is 5.52. The molecule has 1 aromatic carbocycles. The van der Waals surface area contributed by atoms with E-state index in [1.165, 1.54) is 12.1 Å². The van der Waals surface area contributed by atoms with Gasteiger partial charge in [-0.15, -0.1) is 0 Å². The van der Waals surface area contributed by atoms with E-state index in [2.05, 4.69) is 14.9 Å². The molecule has 1 unspecified atom stereocenters. The normalized spacial score (nSPS) is 18.8. The van der Waals surface area contributed by atoms with Crippen molar-refractivity contribution in [2.24, 2.45) is 0 Å². The molecule has 0 saturated carbocycles. The van der Waals surface area contributed by atoms with Gasteiger partial charge in [0, 0.05) is 30.2 Å². The number of amides is 1. The first-order valence-electron chi connectivity index (χ1n) is 8.42. The average molecular weight is 366 g/mol. The molecule has 1 N–H and O–H groups in total. The minimum absolute atomic E-state index is 0.0380. The van der Waals surface area contributed by atoms with Crippen LogP contribution in [0.2, 0.25) is 0 Å². The fourth-order valence-corrected chi connectivity index (χ4v) is 4.22. The molecule has 0 spiro atoms. The Bertz CT molecular complexity index is 1060. The van der Waals surface area contributed by atoms with Crippen LogP contribution in [0.4, 0.5) is 4.39 Å². The summed E-state index contributed by atoms with van der Waals surface area (Å²) in [6, 6.07) is 10.2. The van der Waals surface area contributed by atoms with Gasteiger partial charge in [-0.2, -0.15) is 0 Å². The van der Waals surface area contributed by atoms with Crippen molar-refractivity contribution in [3.8, 4) is 0 Å². The average Bonchev–Trinajstić information content (AvgIpc) is 3.10. The summed E-state index contributed by atoms with van der Waals surface area (Å²) in [7, 11) is 0. The SMILES string of the molecule is O=C1NC(=S)N2Cc3c(c4cccnc4n3Cc3ccc(F)cc3)CC12. The third-order valence-electron chi connectivity index (χ3n) is 5.18. The van der Waals surface area contributed by atoms with Gasteiger partial charge in [-0.25, -0.2) is 9.37 Å². The summed E-state index contributed by atoms with van der Waals surface area (Å²) in [5.41, 5.74) is 4.14. The van der Waals surface area contributed by atoms with Crippen molar-refractivity contribution >= 4 is 34.3 Å². The number of thiocarbonyl (C=S) groups is 1. The maximum Gasteiger partial charge on any atom is 0.249 e. The van der Waals surface area contributed by atoms with Crippen molar-refractivity contribution in [2.75, 3.05) is 0 Å². The topological polar surface area (TPSA) is 50.2 Å². The van der Waals surface area contributed by atoms with Crippen molar-refractivity contribution in [3.05, 3.63) is 65.2 Å². The second-order valence-corrected chi connectivity index (χ2v) is 7.04. The minimum atomic E-state index is -0.250. The first-order chi connectivity index (χ1) is 12.6. The lowest BCUT2D eigenvalue weighted by Gasteiger charge is -2.29. The van der Waals surface area contributed by atoms with Gasteiger partial charge >= 0.3 is 0 Å². The zero-order valence-electron chi connectivity index (χ0n) is 13.8. The van der Waals surface area contributed by atoms with Crippen LogP contribution in [0, 0.1) is 5.82 Å². The van der Waals surface area contributed by atoms with E-state index in [1.807, 2.05) is 17.0 Å².